The van der Waals surface area contributed by atoms with Crippen molar-refractivity contribution < 1.29 is 14.6 Å². The minimum absolute atomic E-state index is 0.413. The van der Waals surface area contributed by atoms with Crippen LogP contribution in [0.2, 0.25) is 0 Å². The maximum absolute atomic E-state index is 10.1. The van der Waals surface area contributed by atoms with Gasteiger partial charge in [-0.2, -0.15) is 0 Å². The van der Waals surface area contributed by atoms with Gasteiger partial charge in [0.15, 0.2) is 0 Å². The van der Waals surface area contributed by atoms with E-state index in [4.69, 9.17) is 4.74 Å². The first-order chi connectivity index (χ1) is 6.24. The van der Waals surface area contributed by atoms with Gasteiger partial charge in [0.25, 0.3) is 0 Å². The highest BCUT2D eigenvalue weighted by molar-refractivity contribution is 9.08. The Labute approximate surface area is 84.5 Å². The van der Waals surface area contributed by atoms with Gasteiger partial charge >= 0.3 is 0 Å². The fourth-order valence-electron chi connectivity index (χ4n) is 0.892. The van der Waals surface area contributed by atoms with E-state index >= 15 is 0 Å². The van der Waals surface area contributed by atoms with Gasteiger partial charge in [0.1, 0.15) is 12.4 Å². The summed E-state index contributed by atoms with van der Waals surface area (Å²) in [7, 11) is 0. The Bertz CT molecular complexity index is 299. The molecular formula is C9H8BrO3-. The summed E-state index contributed by atoms with van der Waals surface area (Å²) in [6.45, 7) is -0.413. The van der Waals surface area contributed by atoms with Crippen LogP contribution in [0, 0.1) is 0 Å². The first-order valence-electron chi connectivity index (χ1n) is 3.70. The average Bonchev–Trinajstić information content (AvgIpc) is 2.15. The van der Waals surface area contributed by atoms with E-state index in [1.165, 1.54) is 0 Å². The molecule has 1 rings (SSSR count). The van der Waals surface area contributed by atoms with Crippen molar-refractivity contribution in [2.75, 3.05) is 6.61 Å². The molecule has 0 spiro atoms. The van der Waals surface area contributed by atoms with Crippen LogP contribution in [-0.4, -0.2) is 12.6 Å². The largest absolute Gasteiger partial charge is 0.546 e. The molecule has 0 fully saturated rings. The summed E-state index contributed by atoms with van der Waals surface area (Å²) in [5.41, 5.74) is 0.920. The monoisotopic (exact) mass is 243 g/mol. The number of alkyl halides is 1. The van der Waals surface area contributed by atoms with E-state index in [9.17, 15) is 9.90 Å². The Balaban J connectivity index is 2.69. The highest BCUT2D eigenvalue weighted by Crippen LogP contribution is 2.19. The molecule has 0 atom stereocenters. The lowest BCUT2D eigenvalue weighted by atomic mass is 10.2. The van der Waals surface area contributed by atoms with Crippen molar-refractivity contribution in [2.45, 2.75) is 5.33 Å². The van der Waals surface area contributed by atoms with Gasteiger partial charge in [-0.1, -0.05) is 34.1 Å². The molecule has 0 aliphatic rings. The van der Waals surface area contributed by atoms with Gasteiger partial charge in [0.05, 0.1) is 5.97 Å². The van der Waals surface area contributed by atoms with Gasteiger partial charge < -0.3 is 14.6 Å². The minimum Gasteiger partial charge on any atom is -0.546 e. The van der Waals surface area contributed by atoms with Crippen molar-refractivity contribution in [3.8, 4) is 5.75 Å². The molecule has 0 bridgehead atoms. The minimum atomic E-state index is -1.22. The molecule has 0 saturated carbocycles. The number of halogens is 1. The second-order valence-corrected chi connectivity index (χ2v) is 2.96. The molecule has 0 unspecified atom stereocenters. The van der Waals surface area contributed by atoms with E-state index in [1.807, 2.05) is 12.1 Å². The van der Waals surface area contributed by atoms with Gasteiger partial charge in [-0.05, 0) is 6.07 Å². The molecule has 0 N–H and O–H groups in total. The Morgan fingerprint density at radius 3 is 2.77 bits per heavy atom. The van der Waals surface area contributed by atoms with E-state index in [0.29, 0.717) is 11.1 Å². The number of carbonyl (C=O) groups is 1. The third-order valence-corrected chi connectivity index (χ3v) is 2.07. The van der Waals surface area contributed by atoms with Crippen molar-refractivity contribution in [1.29, 1.82) is 0 Å². The van der Waals surface area contributed by atoms with Crippen molar-refractivity contribution in [3.05, 3.63) is 29.8 Å². The molecule has 0 aromatic heterocycles. The molecule has 70 valence electrons. The van der Waals surface area contributed by atoms with E-state index in [1.54, 1.807) is 12.1 Å². The molecule has 0 amide bonds. The van der Waals surface area contributed by atoms with E-state index in [2.05, 4.69) is 15.9 Å². The third kappa shape index (κ3) is 3.06. The molecule has 0 radical (unpaired) electrons. The Kier molecular flexibility index (Phi) is 3.76. The average molecular weight is 244 g/mol. The first-order valence-corrected chi connectivity index (χ1v) is 4.82. The van der Waals surface area contributed by atoms with E-state index in [-0.39, 0.29) is 0 Å². The molecule has 0 heterocycles. The van der Waals surface area contributed by atoms with Crippen LogP contribution in [0.1, 0.15) is 5.56 Å². The smallest absolute Gasteiger partial charge is 0.128 e. The van der Waals surface area contributed by atoms with Gasteiger partial charge in [-0.15, -0.1) is 0 Å². The molecule has 0 saturated heterocycles. The van der Waals surface area contributed by atoms with Gasteiger partial charge in [0, 0.05) is 10.9 Å². The molecule has 4 heteroatoms. The topological polar surface area (TPSA) is 49.4 Å². The number of ether oxygens (including phenoxy) is 1. The number of carboxylic acid groups (broad SMARTS) is 1. The third-order valence-electron chi connectivity index (χ3n) is 1.46. The first kappa shape index (κ1) is 10.1. The highest BCUT2D eigenvalue weighted by atomic mass is 79.9. The van der Waals surface area contributed by atoms with Crippen LogP contribution in [0.4, 0.5) is 0 Å². The van der Waals surface area contributed by atoms with Crippen molar-refractivity contribution in [3.63, 3.8) is 0 Å². The molecule has 1 aromatic carbocycles. The van der Waals surface area contributed by atoms with Crippen LogP contribution in [0.5, 0.6) is 5.75 Å². The van der Waals surface area contributed by atoms with Gasteiger partial charge in [-0.25, -0.2) is 0 Å². The van der Waals surface area contributed by atoms with E-state index in [0.717, 1.165) is 5.56 Å². The van der Waals surface area contributed by atoms with Crippen LogP contribution in [0.15, 0.2) is 24.3 Å². The lowest BCUT2D eigenvalue weighted by Crippen LogP contribution is -2.29. The lowest BCUT2D eigenvalue weighted by molar-refractivity contribution is -0.307. The maximum atomic E-state index is 10.1. The summed E-state index contributed by atoms with van der Waals surface area (Å²) in [6, 6.07) is 7.23. The Morgan fingerprint density at radius 2 is 2.15 bits per heavy atom. The zero-order chi connectivity index (χ0) is 9.68. The van der Waals surface area contributed by atoms with E-state index < -0.39 is 12.6 Å². The summed E-state index contributed by atoms with van der Waals surface area (Å²) < 4.78 is 5.00. The van der Waals surface area contributed by atoms with Gasteiger partial charge in [-0.3, -0.25) is 0 Å². The zero-order valence-corrected chi connectivity index (χ0v) is 8.41. The number of benzene rings is 1. The molecule has 3 nitrogen and oxygen atoms in total. The number of hydrogen-bond acceptors (Lipinski definition) is 3. The summed E-state index contributed by atoms with van der Waals surface area (Å²) in [5.74, 6) is -0.645. The quantitative estimate of drug-likeness (QED) is 0.733. The number of carbonyl (C=O) groups excluding carboxylic acids is 1. The van der Waals surface area contributed by atoms with Crippen LogP contribution < -0.4 is 9.84 Å². The van der Waals surface area contributed by atoms with Crippen molar-refractivity contribution >= 4 is 21.9 Å². The second kappa shape index (κ2) is 4.87. The molecule has 13 heavy (non-hydrogen) atoms. The van der Waals surface area contributed by atoms with Gasteiger partial charge in [0.2, 0.25) is 0 Å². The Morgan fingerprint density at radius 1 is 1.46 bits per heavy atom. The van der Waals surface area contributed by atoms with Crippen molar-refractivity contribution in [2.24, 2.45) is 0 Å². The van der Waals surface area contributed by atoms with Crippen molar-refractivity contribution in [1.82, 2.24) is 0 Å². The second-order valence-electron chi connectivity index (χ2n) is 2.40. The number of aliphatic carboxylic acids is 1. The Hall–Kier alpha value is -1.03. The maximum Gasteiger partial charge on any atom is 0.128 e. The number of carboxylic acids is 1. The lowest BCUT2D eigenvalue weighted by Gasteiger charge is -2.09. The van der Waals surface area contributed by atoms with Crippen LogP contribution in [-0.2, 0) is 10.1 Å². The number of rotatable bonds is 4. The standard InChI is InChI=1S/C9H9BrO3/c10-5-7-3-1-2-4-8(7)13-6-9(11)12/h1-4H,5-6H2,(H,11,12)/p-1. The predicted molar refractivity (Wildman–Crippen MR) is 49.6 cm³/mol. The van der Waals surface area contributed by atoms with Crippen LogP contribution in [0.3, 0.4) is 0 Å². The molecule has 0 aliphatic carbocycles. The SMILES string of the molecule is O=C([O-])COc1ccccc1CBr. The van der Waals surface area contributed by atoms with Crippen LogP contribution >= 0.6 is 15.9 Å². The fraction of sp³-hybridized carbons (Fsp3) is 0.222. The fourth-order valence-corrected chi connectivity index (χ4v) is 1.35. The number of para-hydroxylation sites is 1. The normalized spacial score (nSPS) is 9.62. The molecular weight excluding hydrogens is 236 g/mol. The summed E-state index contributed by atoms with van der Waals surface area (Å²) >= 11 is 3.27. The zero-order valence-electron chi connectivity index (χ0n) is 6.83. The predicted octanol–water partition coefficient (Wildman–Crippen LogP) is 0.710. The summed E-state index contributed by atoms with van der Waals surface area (Å²) in [4.78, 5) is 10.1. The summed E-state index contributed by atoms with van der Waals surface area (Å²) in [6.07, 6.45) is 0. The number of hydrogen-bond donors (Lipinski definition) is 0. The van der Waals surface area contributed by atoms with Crippen LogP contribution in [0.25, 0.3) is 0 Å². The molecule has 0 aliphatic heterocycles. The summed E-state index contributed by atoms with van der Waals surface area (Å²) in [5, 5.41) is 10.8. The highest BCUT2D eigenvalue weighted by Gasteiger charge is 2.00. The molecule has 1 aromatic rings.